The number of guanidine groups is 1. The van der Waals surface area contributed by atoms with E-state index in [9.17, 15) is 0 Å². The number of nitrogens with two attached hydrogens (primary N) is 1. The van der Waals surface area contributed by atoms with Gasteiger partial charge in [0.25, 0.3) is 0 Å². The van der Waals surface area contributed by atoms with E-state index in [1.54, 1.807) is 0 Å². The molecule has 0 aromatic carbocycles. The lowest BCUT2D eigenvalue weighted by atomic mass is 9.99. The second-order valence-corrected chi connectivity index (χ2v) is 5.74. The molecule has 3 N–H and O–H groups in total. The van der Waals surface area contributed by atoms with Crippen molar-refractivity contribution in [2.45, 2.75) is 51.6 Å². The summed E-state index contributed by atoms with van der Waals surface area (Å²) in [4.78, 5) is 6.99. The Labute approximate surface area is 105 Å². The van der Waals surface area contributed by atoms with Crippen molar-refractivity contribution in [1.29, 1.82) is 0 Å². The Morgan fingerprint density at radius 2 is 2.24 bits per heavy atom. The van der Waals surface area contributed by atoms with E-state index in [2.05, 4.69) is 29.1 Å². The van der Waals surface area contributed by atoms with Gasteiger partial charge in [0.1, 0.15) is 0 Å². The lowest BCUT2D eigenvalue weighted by Crippen LogP contribution is -2.43. The van der Waals surface area contributed by atoms with Crippen LogP contribution in [0.25, 0.3) is 0 Å². The average Bonchev–Trinajstić information content (AvgIpc) is 3.10. The monoisotopic (exact) mass is 238 g/mol. The van der Waals surface area contributed by atoms with Crippen LogP contribution >= 0.6 is 0 Å². The van der Waals surface area contributed by atoms with Gasteiger partial charge in [0.2, 0.25) is 0 Å². The molecule has 0 bridgehead atoms. The van der Waals surface area contributed by atoms with Crippen LogP contribution in [-0.2, 0) is 0 Å². The summed E-state index contributed by atoms with van der Waals surface area (Å²) in [5.41, 5.74) is 5.84. The van der Waals surface area contributed by atoms with Gasteiger partial charge < -0.3 is 11.1 Å². The van der Waals surface area contributed by atoms with Crippen molar-refractivity contribution < 1.29 is 0 Å². The van der Waals surface area contributed by atoms with E-state index < -0.39 is 0 Å². The number of hydrogen-bond donors (Lipinski definition) is 2. The Morgan fingerprint density at radius 3 is 2.88 bits per heavy atom. The highest BCUT2D eigenvalue weighted by molar-refractivity contribution is 5.78. The van der Waals surface area contributed by atoms with Crippen LogP contribution in [0.3, 0.4) is 0 Å². The van der Waals surface area contributed by atoms with E-state index in [1.165, 1.54) is 38.8 Å². The largest absolute Gasteiger partial charge is 0.370 e. The predicted octanol–water partition coefficient (Wildman–Crippen LogP) is 1.17. The summed E-state index contributed by atoms with van der Waals surface area (Å²) in [5, 5.41) is 3.23. The van der Waals surface area contributed by atoms with E-state index in [0.29, 0.717) is 18.0 Å². The number of rotatable bonds is 4. The number of piperidine rings is 1. The normalized spacial score (nSPS) is 29.1. The molecule has 0 aromatic heterocycles. The maximum atomic E-state index is 5.84. The molecule has 1 saturated carbocycles. The van der Waals surface area contributed by atoms with Crippen LogP contribution in [0.15, 0.2) is 4.99 Å². The summed E-state index contributed by atoms with van der Waals surface area (Å²) in [7, 11) is 0. The summed E-state index contributed by atoms with van der Waals surface area (Å²) in [5.74, 6) is 1.46. The molecule has 0 aromatic rings. The zero-order valence-corrected chi connectivity index (χ0v) is 11.2. The van der Waals surface area contributed by atoms with Crippen molar-refractivity contribution in [1.82, 2.24) is 10.2 Å². The van der Waals surface area contributed by atoms with Gasteiger partial charge in [-0.15, -0.1) is 0 Å². The van der Waals surface area contributed by atoms with Crippen molar-refractivity contribution in [3.8, 4) is 0 Å². The van der Waals surface area contributed by atoms with Gasteiger partial charge >= 0.3 is 0 Å². The molecule has 2 fully saturated rings. The van der Waals surface area contributed by atoms with Crippen LogP contribution in [0.2, 0.25) is 0 Å². The second kappa shape index (κ2) is 5.71. The summed E-state index contributed by atoms with van der Waals surface area (Å²) in [6.07, 6.45) is 5.19. The third-order valence-electron chi connectivity index (χ3n) is 3.77. The highest BCUT2D eigenvalue weighted by atomic mass is 15.2. The van der Waals surface area contributed by atoms with Crippen LogP contribution in [0.5, 0.6) is 0 Å². The first-order chi connectivity index (χ1) is 8.15. The molecule has 98 valence electrons. The van der Waals surface area contributed by atoms with Crippen molar-refractivity contribution in [3.05, 3.63) is 0 Å². The second-order valence-electron chi connectivity index (χ2n) is 5.74. The highest BCUT2D eigenvalue weighted by Gasteiger charge is 2.22. The summed E-state index contributed by atoms with van der Waals surface area (Å²) >= 11 is 0. The van der Waals surface area contributed by atoms with Crippen LogP contribution in [0.1, 0.15) is 39.5 Å². The predicted molar refractivity (Wildman–Crippen MR) is 72.1 cm³/mol. The van der Waals surface area contributed by atoms with E-state index in [4.69, 9.17) is 5.73 Å². The Bertz CT molecular complexity index is 273. The lowest BCUT2D eigenvalue weighted by molar-refractivity contribution is 0.142. The molecule has 0 radical (unpaired) electrons. The summed E-state index contributed by atoms with van der Waals surface area (Å²) in [6, 6.07) is 1.11. The first-order valence-corrected chi connectivity index (χ1v) is 6.95. The smallest absolute Gasteiger partial charge is 0.188 e. The molecule has 1 saturated heterocycles. The molecule has 4 nitrogen and oxygen atoms in total. The Kier molecular flexibility index (Phi) is 4.26. The Hall–Kier alpha value is -0.770. The lowest BCUT2D eigenvalue weighted by Gasteiger charge is -2.34. The molecule has 1 aliphatic heterocycles. The molecule has 17 heavy (non-hydrogen) atoms. The maximum absolute atomic E-state index is 5.84. The van der Waals surface area contributed by atoms with Gasteiger partial charge in [-0.2, -0.15) is 0 Å². The maximum Gasteiger partial charge on any atom is 0.188 e. The number of nitrogens with one attached hydrogen (secondary N) is 1. The van der Waals surface area contributed by atoms with Gasteiger partial charge in [-0.3, -0.25) is 9.89 Å². The molecule has 2 aliphatic rings. The van der Waals surface area contributed by atoms with E-state index in [1.807, 2.05) is 0 Å². The molecular weight excluding hydrogens is 212 g/mol. The Balaban J connectivity index is 1.73. The zero-order valence-electron chi connectivity index (χ0n) is 11.2. The number of hydrogen-bond acceptors (Lipinski definition) is 2. The highest BCUT2D eigenvalue weighted by Crippen LogP contribution is 2.19. The third-order valence-corrected chi connectivity index (χ3v) is 3.77. The fourth-order valence-corrected chi connectivity index (χ4v) is 2.45. The minimum atomic E-state index is 0.511. The third kappa shape index (κ3) is 4.19. The van der Waals surface area contributed by atoms with Gasteiger partial charge in [0.05, 0.1) is 6.54 Å². The topological polar surface area (TPSA) is 53.6 Å². The van der Waals surface area contributed by atoms with Crippen molar-refractivity contribution in [3.63, 3.8) is 0 Å². The minimum Gasteiger partial charge on any atom is -0.370 e. The van der Waals surface area contributed by atoms with Gasteiger partial charge in [-0.25, -0.2) is 0 Å². The molecule has 0 spiro atoms. The fourth-order valence-electron chi connectivity index (χ4n) is 2.45. The van der Waals surface area contributed by atoms with Crippen LogP contribution < -0.4 is 11.1 Å². The van der Waals surface area contributed by atoms with Gasteiger partial charge in [0, 0.05) is 18.6 Å². The van der Waals surface area contributed by atoms with Gasteiger partial charge in [-0.1, -0.05) is 6.92 Å². The number of likely N-dealkylation sites (tertiary alicyclic amines) is 1. The van der Waals surface area contributed by atoms with E-state index in [0.717, 1.165) is 12.5 Å². The van der Waals surface area contributed by atoms with Crippen molar-refractivity contribution in [2.24, 2.45) is 16.6 Å². The van der Waals surface area contributed by atoms with Gasteiger partial charge in [-0.05, 0) is 45.1 Å². The van der Waals surface area contributed by atoms with Crippen LogP contribution in [-0.4, -0.2) is 42.6 Å². The van der Waals surface area contributed by atoms with E-state index >= 15 is 0 Å². The molecular formula is C13H26N4. The fraction of sp³-hybridized carbons (Fsp3) is 0.923. The molecule has 1 heterocycles. The van der Waals surface area contributed by atoms with Crippen LogP contribution in [0.4, 0.5) is 0 Å². The quantitative estimate of drug-likeness (QED) is 0.571. The SMILES string of the molecule is C[C@@H]1CCCN([C@@H](C)CN=C(N)NC2CC2)C1. The zero-order chi connectivity index (χ0) is 12.3. The summed E-state index contributed by atoms with van der Waals surface area (Å²) in [6.45, 7) is 7.85. The minimum absolute atomic E-state index is 0.511. The Morgan fingerprint density at radius 1 is 1.47 bits per heavy atom. The van der Waals surface area contributed by atoms with Crippen molar-refractivity contribution >= 4 is 5.96 Å². The van der Waals surface area contributed by atoms with Crippen LogP contribution in [0, 0.1) is 5.92 Å². The number of aliphatic imine (C=N–C) groups is 1. The first-order valence-electron chi connectivity index (χ1n) is 6.95. The molecule has 4 heteroatoms. The van der Waals surface area contributed by atoms with E-state index in [-0.39, 0.29) is 0 Å². The molecule has 1 aliphatic carbocycles. The molecule has 2 atom stereocenters. The number of nitrogens with zero attached hydrogens (tertiary/aromatic N) is 2. The standard InChI is InChI=1S/C13H26N4/c1-10-4-3-7-17(9-10)11(2)8-15-13(14)16-12-5-6-12/h10-12H,3-9H2,1-2H3,(H3,14,15,16)/t10-,11+/m1/s1. The summed E-state index contributed by atoms with van der Waals surface area (Å²) < 4.78 is 0. The average molecular weight is 238 g/mol. The molecule has 0 amide bonds. The van der Waals surface area contributed by atoms with Gasteiger partial charge in [0.15, 0.2) is 5.96 Å². The van der Waals surface area contributed by atoms with Crippen molar-refractivity contribution in [2.75, 3.05) is 19.6 Å². The first kappa shape index (κ1) is 12.7. The molecule has 2 rings (SSSR count). The molecule has 0 unspecified atom stereocenters.